The van der Waals surface area contributed by atoms with E-state index in [4.69, 9.17) is 0 Å². The third-order valence-corrected chi connectivity index (χ3v) is 7.88. The second kappa shape index (κ2) is 8.42. The standard InChI is InChI=1S/C24H30N2O3S/c1-2-16-25-23(27)24(14-5-15-24)20-9-11-21(12-10-20)26-30(28,29)22-13-8-18-6-3-4-7-19(18)17-22/h8-13,17,26H,2-7,14-16H2,1H3,(H,25,27). The Balaban J connectivity index is 1.51. The first kappa shape index (κ1) is 20.9. The molecule has 0 atom stereocenters. The third kappa shape index (κ3) is 3.97. The summed E-state index contributed by atoms with van der Waals surface area (Å²) in [6.07, 6.45) is 7.86. The van der Waals surface area contributed by atoms with Crippen molar-refractivity contribution in [2.75, 3.05) is 11.3 Å². The molecule has 0 saturated heterocycles. The molecule has 160 valence electrons. The zero-order valence-corrected chi connectivity index (χ0v) is 18.4. The minimum atomic E-state index is -3.64. The van der Waals surface area contributed by atoms with Gasteiger partial charge in [-0.1, -0.05) is 31.5 Å². The molecule has 2 aromatic carbocycles. The van der Waals surface area contributed by atoms with Gasteiger partial charge >= 0.3 is 0 Å². The average Bonchev–Trinajstić information content (AvgIpc) is 2.72. The van der Waals surface area contributed by atoms with Gasteiger partial charge in [0.1, 0.15) is 0 Å². The maximum Gasteiger partial charge on any atom is 0.261 e. The molecule has 4 rings (SSSR count). The summed E-state index contributed by atoms with van der Waals surface area (Å²) >= 11 is 0. The third-order valence-electron chi connectivity index (χ3n) is 6.50. The van der Waals surface area contributed by atoms with Crippen LogP contribution < -0.4 is 10.0 Å². The molecule has 0 unspecified atom stereocenters. The minimum Gasteiger partial charge on any atom is -0.355 e. The maximum absolute atomic E-state index is 12.9. The molecule has 2 aliphatic carbocycles. The molecule has 2 aromatic rings. The molecule has 1 fully saturated rings. The van der Waals surface area contributed by atoms with E-state index in [0.717, 1.165) is 56.1 Å². The van der Waals surface area contributed by atoms with E-state index < -0.39 is 15.4 Å². The van der Waals surface area contributed by atoms with E-state index in [9.17, 15) is 13.2 Å². The first-order valence-corrected chi connectivity index (χ1v) is 12.5. The first-order valence-electron chi connectivity index (χ1n) is 11.0. The fourth-order valence-electron chi connectivity index (χ4n) is 4.53. The average molecular weight is 427 g/mol. The van der Waals surface area contributed by atoms with E-state index >= 15 is 0 Å². The zero-order valence-electron chi connectivity index (χ0n) is 17.5. The van der Waals surface area contributed by atoms with E-state index in [2.05, 4.69) is 10.0 Å². The van der Waals surface area contributed by atoms with E-state index in [-0.39, 0.29) is 5.91 Å². The number of fused-ring (bicyclic) bond motifs is 1. The Morgan fingerprint density at radius 1 is 0.967 bits per heavy atom. The molecule has 0 radical (unpaired) electrons. The van der Waals surface area contributed by atoms with Crippen molar-refractivity contribution in [3.05, 3.63) is 59.2 Å². The number of aryl methyl sites for hydroxylation is 2. The molecule has 0 aromatic heterocycles. The van der Waals surface area contributed by atoms with Crippen LogP contribution in [0.3, 0.4) is 0 Å². The molecule has 2 N–H and O–H groups in total. The van der Waals surface area contributed by atoms with Gasteiger partial charge in [0.2, 0.25) is 5.91 Å². The number of hydrogen-bond acceptors (Lipinski definition) is 3. The van der Waals surface area contributed by atoms with Crippen molar-refractivity contribution < 1.29 is 13.2 Å². The van der Waals surface area contributed by atoms with E-state index in [0.29, 0.717) is 17.1 Å². The smallest absolute Gasteiger partial charge is 0.261 e. The van der Waals surface area contributed by atoms with Gasteiger partial charge in [0.25, 0.3) is 10.0 Å². The molecule has 0 spiro atoms. The van der Waals surface area contributed by atoms with Crippen molar-refractivity contribution in [3.8, 4) is 0 Å². The van der Waals surface area contributed by atoms with Crippen molar-refractivity contribution in [1.82, 2.24) is 5.32 Å². The van der Waals surface area contributed by atoms with Crippen molar-refractivity contribution >= 4 is 21.6 Å². The molecule has 0 heterocycles. The molecule has 1 amide bonds. The summed E-state index contributed by atoms with van der Waals surface area (Å²) in [4.78, 5) is 13.0. The second-order valence-corrected chi connectivity index (χ2v) is 10.2. The Bertz CT molecular complexity index is 1020. The highest BCUT2D eigenvalue weighted by Crippen LogP contribution is 2.44. The maximum atomic E-state index is 12.9. The van der Waals surface area contributed by atoms with Gasteiger partial charge in [-0.15, -0.1) is 0 Å². The van der Waals surface area contributed by atoms with E-state index in [1.807, 2.05) is 31.2 Å². The van der Waals surface area contributed by atoms with E-state index in [1.165, 1.54) is 12.0 Å². The van der Waals surface area contributed by atoms with Crippen LogP contribution in [0.25, 0.3) is 0 Å². The lowest BCUT2D eigenvalue weighted by Gasteiger charge is -2.40. The number of carbonyl (C=O) groups is 1. The largest absolute Gasteiger partial charge is 0.355 e. The van der Waals surface area contributed by atoms with Gasteiger partial charge in [0.05, 0.1) is 10.3 Å². The summed E-state index contributed by atoms with van der Waals surface area (Å²) in [5, 5.41) is 3.02. The molecule has 6 heteroatoms. The highest BCUT2D eigenvalue weighted by Gasteiger charge is 2.45. The summed E-state index contributed by atoms with van der Waals surface area (Å²) in [6.45, 7) is 2.72. The Hall–Kier alpha value is -2.34. The minimum absolute atomic E-state index is 0.0815. The van der Waals surface area contributed by atoms with Crippen LogP contribution in [-0.4, -0.2) is 20.9 Å². The van der Waals surface area contributed by atoms with Crippen molar-refractivity contribution in [2.45, 2.75) is 68.6 Å². The van der Waals surface area contributed by atoms with Crippen LogP contribution in [0.4, 0.5) is 5.69 Å². The molecule has 5 nitrogen and oxygen atoms in total. The van der Waals surface area contributed by atoms with Gasteiger partial charge in [-0.25, -0.2) is 8.42 Å². The summed E-state index contributed by atoms with van der Waals surface area (Å²) in [6, 6.07) is 12.7. The van der Waals surface area contributed by atoms with Gasteiger partial charge in [-0.3, -0.25) is 9.52 Å². The SMILES string of the molecule is CCCNC(=O)C1(c2ccc(NS(=O)(=O)c3ccc4c(c3)CCCC4)cc2)CCC1. The van der Waals surface area contributed by atoms with Crippen LogP contribution >= 0.6 is 0 Å². The highest BCUT2D eigenvalue weighted by molar-refractivity contribution is 7.92. The fraction of sp³-hybridized carbons (Fsp3) is 0.458. The van der Waals surface area contributed by atoms with Crippen LogP contribution in [0.2, 0.25) is 0 Å². The summed E-state index contributed by atoms with van der Waals surface area (Å²) in [5.41, 5.74) is 3.41. The Morgan fingerprint density at radius 2 is 1.67 bits per heavy atom. The van der Waals surface area contributed by atoms with Gasteiger partial charge in [0, 0.05) is 12.2 Å². The lowest BCUT2D eigenvalue weighted by atomic mass is 9.64. The Labute approximate surface area is 179 Å². The normalized spacial score (nSPS) is 17.5. The molecular weight excluding hydrogens is 396 g/mol. The molecule has 0 bridgehead atoms. The van der Waals surface area contributed by atoms with Gasteiger partial charge in [0.15, 0.2) is 0 Å². The number of nitrogens with one attached hydrogen (secondary N) is 2. The molecule has 30 heavy (non-hydrogen) atoms. The highest BCUT2D eigenvalue weighted by atomic mass is 32.2. The summed E-state index contributed by atoms with van der Waals surface area (Å²) in [7, 11) is -3.64. The van der Waals surface area contributed by atoms with Crippen LogP contribution in [0, 0.1) is 0 Å². The molecule has 2 aliphatic rings. The monoisotopic (exact) mass is 426 g/mol. The number of sulfonamides is 1. The summed E-state index contributed by atoms with van der Waals surface area (Å²) < 4.78 is 28.5. The lowest BCUT2D eigenvalue weighted by molar-refractivity contribution is -0.129. The Morgan fingerprint density at radius 3 is 2.30 bits per heavy atom. The lowest BCUT2D eigenvalue weighted by Crippen LogP contribution is -2.49. The number of amides is 1. The zero-order chi connectivity index (χ0) is 21.2. The second-order valence-electron chi connectivity index (χ2n) is 8.51. The van der Waals surface area contributed by atoms with Gasteiger partial charge in [-0.05, 0) is 85.9 Å². The number of rotatable bonds is 7. The van der Waals surface area contributed by atoms with E-state index in [1.54, 1.807) is 18.2 Å². The predicted molar refractivity (Wildman–Crippen MR) is 119 cm³/mol. The van der Waals surface area contributed by atoms with Gasteiger partial charge in [-0.2, -0.15) is 0 Å². The van der Waals surface area contributed by atoms with Crippen LogP contribution in [0.5, 0.6) is 0 Å². The van der Waals surface area contributed by atoms with Crippen molar-refractivity contribution in [3.63, 3.8) is 0 Å². The predicted octanol–water partition coefficient (Wildman–Crippen LogP) is 4.31. The van der Waals surface area contributed by atoms with Crippen LogP contribution in [-0.2, 0) is 33.1 Å². The number of anilines is 1. The first-order chi connectivity index (χ1) is 14.4. The van der Waals surface area contributed by atoms with Crippen LogP contribution in [0.1, 0.15) is 62.1 Å². The topological polar surface area (TPSA) is 75.3 Å². The van der Waals surface area contributed by atoms with Gasteiger partial charge < -0.3 is 5.32 Å². The van der Waals surface area contributed by atoms with Crippen molar-refractivity contribution in [2.24, 2.45) is 0 Å². The van der Waals surface area contributed by atoms with Crippen molar-refractivity contribution in [1.29, 1.82) is 0 Å². The number of hydrogen-bond donors (Lipinski definition) is 2. The molecule has 0 aliphatic heterocycles. The number of carbonyl (C=O) groups excluding carboxylic acids is 1. The quantitative estimate of drug-likeness (QED) is 0.693. The van der Waals surface area contributed by atoms with Crippen LogP contribution in [0.15, 0.2) is 47.4 Å². The molecular formula is C24H30N2O3S. The molecule has 1 saturated carbocycles. The summed E-state index contributed by atoms with van der Waals surface area (Å²) in [5.74, 6) is 0.0815. The fourth-order valence-corrected chi connectivity index (χ4v) is 5.64. The number of benzene rings is 2. The Kier molecular flexibility index (Phi) is 5.87.